The van der Waals surface area contributed by atoms with Crippen molar-refractivity contribution in [3.05, 3.63) is 59.9 Å². The first-order valence-electron chi connectivity index (χ1n) is 7.37. The highest BCUT2D eigenvalue weighted by atomic mass is 16.1. The minimum Gasteiger partial charge on any atom is -0.353 e. The quantitative estimate of drug-likeness (QED) is 0.926. The van der Waals surface area contributed by atoms with Crippen molar-refractivity contribution >= 4 is 5.91 Å². The number of nitrogens with zero attached hydrogens (tertiary/aromatic N) is 2. The van der Waals surface area contributed by atoms with E-state index in [0.29, 0.717) is 19.1 Å². The van der Waals surface area contributed by atoms with Crippen LogP contribution in [0.15, 0.2) is 48.8 Å². The van der Waals surface area contributed by atoms with Crippen LogP contribution in [0, 0.1) is 0 Å². The molecule has 0 radical (unpaired) electrons. The minimum atomic E-state index is 0.0680. The summed E-state index contributed by atoms with van der Waals surface area (Å²) in [6.45, 7) is 2.04. The molecule has 4 heteroatoms. The van der Waals surface area contributed by atoms with E-state index in [2.05, 4.69) is 41.5 Å². The number of hydrogen-bond donors (Lipinski definition) is 1. The summed E-state index contributed by atoms with van der Waals surface area (Å²) in [6, 6.07) is 12.8. The Kier molecular flexibility index (Phi) is 4.06. The molecule has 0 bridgehead atoms. The predicted molar refractivity (Wildman–Crippen MR) is 82.8 cm³/mol. The number of carbonyl (C=O) groups is 1. The lowest BCUT2D eigenvalue weighted by atomic mass is 9.94. The average molecular weight is 283 g/mol. The van der Waals surface area contributed by atoms with E-state index < -0.39 is 0 Å². The molecule has 0 saturated carbocycles. The molecule has 1 aliphatic rings. The van der Waals surface area contributed by atoms with Crippen LogP contribution in [0.25, 0.3) is 0 Å². The summed E-state index contributed by atoms with van der Waals surface area (Å²) >= 11 is 0. The van der Waals surface area contributed by atoms with Gasteiger partial charge in [-0.2, -0.15) is 0 Å². The second kappa shape index (κ2) is 6.14. The molecule has 1 aliphatic heterocycles. The van der Waals surface area contributed by atoms with Crippen molar-refractivity contribution in [2.24, 2.45) is 0 Å². The predicted octanol–water partition coefficient (Wildman–Crippen LogP) is 1.66. The van der Waals surface area contributed by atoms with Gasteiger partial charge in [0.15, 0.2) is 0 Å². The van der Waals surface area contributed by atoms with E-state index in [4.69, 9.17) is 0 Å². The number of hydrogen-bond acceptors (Lipinski definition) is 2. The molecule has 1 N–H and O–H groups in total. The van der Waals surface area contributed by atoms with Crippen molar-refractivity contribution in [1.82, 2.24) is 14.8 Å². The fourth-order valence-corrected chi connectivity index (χ4v) is 2.88. The largest absolute Gasteiger partial charge is 0.353 e. The molecule has 1 aromatic heterocycles. The summed E-state index contributed by atoms with van der Waals surface area (Å²) in [5.74, 6) is 0.0680. The molecule has 110 valence electrons. The number of carbonyl (C=O) groups excluding carboxylic acids is 1. The number of nitrogens with one attached hydrogen (secondary N) is 1. The van der Waals surface area contributed by atoms with E-state index in [1.165, 1.54) is 11.1 Å². The smallest absolute Gasteiger partial charge is 0.239 e. The van der Waals surface area contributed by atoms with E-state index in [1.54, 1.807) is 0 Å². The Morgan fingerprint density at radius 1 is 1.19 bits per heavy atom. The van der Waals surface area contributed by atoms with Gasteiger partial charge in [0.25, 0.3) is 0 Å². The molecule has 0 aliphatic carbocycles. The highest BCUT2D eigenvalue weighted by molar-refractivity contribution is 5.75. The Morgan fingerprint density at radius 3 is 2.67 bits per heavy atom. The van der Waals surface area contributed by atoms with Crippen LogP contribution in [0.5, 0.6) is 0 Å². The summed E-state index contributed by atoms with van der Waals surface area (Å²) in [4.78, 5) is 14.3. The Bertz CT molecular complexity index is 606. The van der Waals surface area contributed by atoms with E-state index >= 15 is 0 Å². The molecule has 1 aromatic carbocycles. The van der Waals surface area contributed by atoms with Crippen molar-refractivity contribution < 1.29 is 4.79 Å². The number of amides is 1. The van der Waals surface area contributed by atoms with Crippen LogP contribution in [0.1, 0.15) is 11.1 Å². The number of aromatic nitrogens is 1. The SMILES string of the molecule is CN1Cc2ccccc2C[C@@H]1CNC(=O)Cn1cccc1. The van der Waals surface area contributed by atoms with Crippen LogP contribution < -0.4 is 5.32 Å². The maximum atomic E-state index is 12.0. The summed E-state index contributed by atoms with van der Waals surface area (Å²) in [5.41, 5.74) is 2.80. The van der Waals surface area contributed by atoms with Gasteiger partial charge in [0.1, 0.15) is 6.54 Å². The molecule has 21 heavy (non-hydrogen) atoms. The minimum absolute atomic E-state index is 0.0680. The fraction of sp³-hybridized carbons (Fsp3) is 0.353. The van der Waals surface area contributed by atoms with Crippen molar-refractivity contribution in [2.75, 3.05) is 13.6 Å². The van der Waals surface area contributed by atoms with Gasteiger partial charge < -0.3 is 9.88 Å². The summed E-state index contributed by atoms with van der Waals surface area (Å²) in [5, 5.41) is 3.05. The zero-order chi connectivity index (χ0) is 14.7. The molecule has 2 aromatic rings. The van der Waals surface area contributed by atoms with Crippen LogP contribution in [0.3, 0.4) is 0 Å². The zero-order valence-corrected chi connectivity index (χ0v) is 12.3. The van der Waals surface area contributed by atoms with Gasteiger partial charge in [-0.3, -0.25) is 9.69 Å². The van der Waals surface area contributed by atoms with Crippen LogP contribution >= 0.6 is 0 Å². The fourth-order valence-electron chi connectivity index (χ4n) is 2.88. The molecule has 0 saturated heterocycles. The third kappa shape index (κ3) is 3.34. The number of benzene rings is 1. The highest BCUT2D eigenvalue weighted by Gasteiger charge is 2.23. The van der Waals surface area contributed by atoms with Gasteiger partial charge in [-0.25, -0.2) is 0 Å². The number of fused-ring (bicyclic) bond motifs is 1. The van der Waals surface area contributed by atoms with E-state index in [1.807, 2.05) is 29.1 Å². The van der Waals surface area contributed by atoms with E-state index in [9.17, 15) is 4.79 Å². The molecule has 1 amide bonds. The second-order valence-electron chi connectivity index (χ2n) is 5.70. The first-order chi connectivity index (χ1) is 10.2. The van der Waals surface area contributed by atoms with Crippen molar-refractivity contribution in [1.29, 1.82) is 0 Å². The lowest BCUT2D eigenvalue weighted by molar-refractivity contribution is -0.121. The Morgan fingerprint density at radius 2 is 1.90 bits per heavy atom. The van der Waals surface area contributed by atoms with Gasteiger partial charge in [-0.1, -0.05) is 24.3 Å². The normalized spacial score (nSPS) is 18.2. The lowest BCUT2D eigenvalue weighted by Gasteiger charge is -2.34. The summed E-state index contributed by atoms with van der Waals surface area (Å²) in [7, 11) is 2.12. The molecule has 0 fully saturated rings. The second-order valence-corrected chi connectivity index (χ2v) is 5.70. The molecule has 0 spiro atoms. The first kappa shape index (κ1) is 13.9. The lowest BCUT2D eigenvalue weighted by Crippen LogP contribution is -2.46. The summed E-state index contributed by atoms with van der Waals surface area (Å²) in [6.07, 6.45) is 4.81. The third-order valence-electron chi connectivity index (χ3n) is 4.14. The molecule has 3 rings (SSSR count). The van der Waals surface area contributed by atoms with Gasteiger partial charge in [-0.05, 0) is 36.7 Å². The molecule has 0 unspecified atom stereocenters. The van der Waals surface area contributed by atoms with Crippen molar-refractivity contribution in [3.63, 3.8) is 0 Å². The van der Waals surface area contributed by atoms with Gasteiger partial charge in [0, 0.05) is 31.5 Å². The molecular weight excluding hydrogens is 262 g/mol. The Hall–Kier alpha value is -2.07. The van der Waals surface area contributed by atoms with Crippen LogP contribution in [0.4, 0.5) is 0 Å². The molecule has 1 atom stereocenters. The van der Waals surface area contributed by atoms with Gasteiger partial charge in [0.05, 0.1) is 0 Å². The molecule has 4 nitrogen and oxygen atoms in total. The monoisotopic (exact) mass is 283 g/mol. The van der Waals surface area contributed by atoms with Crippen molar-refractivity contribution in [2.45, 2.75) is 25.6 Å². The zero-order valence-electron chi connectivity index (χ0n) is 12.3. The topological polar surface area (TPSA) is 37.3 Å². The summed E-state index contributed by atoms with van der Waals surface area (Å²) < 4.78 is 1.88. The number of likely N-dealkylation sites (N-methyl/N-ethyl adjacent to an activating group) is 1. The van der Waals surface area contributed by atoms with E-state index in [0.717, 1.165) is 13.0 Å². The standard InChI is InChI=1S/C17H21N3O/c1-19-12-15-7-3-2-6-14(15)10-16(19)11-18-17(21)13-20-8-4-5-9-20/h2-9,16H,10-13H2,1H3,(H,18,21)/t16-/m1/s1. The van der Waals surface area contributed by atoms with Crippen LogP contribution in [-0.2, 0) is 24.3 Å². The average Bonchev–Trinajstić information content (AvgIpc) is 2.98. The van der Waals surface area contributed by atoms with Crippen LogP contribution in [-0.4, -0.2) is 35.0 Å². The maximum absolute atomic E-state index is 12.0. The first-order valence-corrected chi connectivity index (χ1v) is 7.37. The van der Waals surface area contributed by atoms with Gasteiger partial charge >= 0.3 is 0 Å². The van der Waals surface area contributed by atoms with Crippen molar-refractivity contribution in [3.8, 4) is 0 Å². The van der Waals surface area contributed by atoms with Gasteiger partial charge in [-0.15, -0.1) is 0 Å². The Balaban J connectivity index is 1.55. The van der Waals surface area contributed by atoms with Crippen LogP contribution in [0.2, 0.25) is 0 Å². The molecular formula is C17H21N3O. The maximum Gasteiger partial charge on any atom is 0.239 e. The number of rotatable bonds is 4. The highest BCUT2D eigenvalue weighted by Crippen LogP contribution is 2.21. The van der Waals surface area contributed by atoms with E-state index in [-0.39, 0.29) is 5.91 Å². The molecule has 2 heterocycles. The van der Waals surface area contributed by atoms with Gasteiger partial charge in [0.2, 0.25) is 5.91 Å². The third-order valence-corrected chi connectivity index (χ3v) is 4.14. The Labute approximate surface area is 125 Å².